The highest BCUT2D eigenvalue weighted by Crippen LogP contribution is 2.21. The van der Waals surface area contributed by atoms with Crippen LogP contribution >= 0.6 is 12.6 Å². The van der Waals surface area contributed by atoms with Crippen molar-refractivity contribution in [1.29, 1.82) is 0 Å². The van der Waals surface area contributed by atoms with Gasteiger partial charge < -0.3 is 4.90 Å². The fourth-order valence-electron chi connectivity index (χ4n) is 2.77. The number of carbonyl (C=O) groups excluding carboxylic acids is 1. The maximum absolute atomic E-state index is 12.3. The zero-order valence-electron chi connectivity index (χ0n) is 11.1. The SMILES string of the molecule is CC1CC(C)CN(C(=O)Cc2ccc(S)cc2)C1. The van der Waals surface area contributed by atoms with Gasteiger partial charge in [-0.05, 0) is 36.0 Å². The summed E-state index contributed by atoms with van der Waals surface area (Å²) >= 11 is 4.25. The summed E-state index contributed by atoms with van der Waals surface area (Å²) in [5.41, 5.74) is 1.07. The second-order valence-corrected chi connectivity index (χ2v) is 6.10. The van der Waals surface area contributed by atoms with Crippen LogP contribution in [0.4, 0.5) is 0 Å². The Labute approximate surface area is 115 Å². The normalized spacial score (nSPS) is 24.1. The molecule has 18 heavy (non-hydrogen) atoms. The van der Waals surface area contributed by atoms with Crippen LogP contribution in [0.2, 0.25) is 0 Å². The van der Waals surface area contributed by atoms with Crippen molar-refractivity contribution in [3.63, 3.8) is 0 Å². The van der Waals surface area contributed by atoms with E-state index in [9.17, 15) is 4.79 Å². The van der Waals surface area contributed by atoms with Crippen molar-refractivity contribution in [3.05, 3.63) is 29.8 Å². The second-order valence-electron chi connectivity index (χ2n) is 5.59. The number of hydrogen-bond acceptors (Lipinski definition) is 2. The standard InChI is InChI=1S/C15H21NOS/c1-11-7-12(2)10-16(9-11)15(17)8-13-3-5-14(18)6-4-13/h3-6,11-12,18H,7-10H2,1-2H3. The summed E-state index contributed by atoms with van der Waals surface area (Å²) in [6.45, 7) is 6.28. The molecule has 1 amide bonds. The molecule has 0 saturated carbocycles. The zero-order valence-corrected chi connectivity index (χ0v) is 12.0. The van der Waals surface area contributed by atoms with Crippen LogP contribution in [0.15, 0.2) is 29.2 Å². The predicted molar refractivity (Wildman–Crippen MR) is 76.9 cm³/mol. The summed E-state index contributed by atoms with van der Waals surface area (Å²) in [5.74, 6) is 1.50. The first-order valence-corrected chi connectivity index (χ1v) is 7.05. The van der Waals surface area contributed by atoms with Gasteiger partial charge >= 0.3 is 0 Å². The van der Waals surface area contributed by atoms with Crippen LogP contribution in [0.25, 0.3) is 0 Å². The number of hydrogen-bond donors (Lipinski definition) is 1. The Morgan fingerprint density at radius 2 is 1.78 bits per heavy atom. The quantitative estimate of drug-likeness (QED) is 0.813. The van der Waals surface area contributed by atoms with E-state index >= 15 is 0 Å². The molecule has 0 aromatic heterocycles. The van der Waals surface area contributed by atoms with Crippen LogP contribution in [0.1, 0.15) is 25.8 Å². The average Bonchev–Trinajstić information content (AvgIpc) is 2.31. The van der Waals surface area contributed by atoms with Crippen molar-refractivity contribution in [1.82, 2.24) is 4.90 Å². The minimum atomic E-state index is 0.250. The molecule has 2 rings (SSSR count). The van der Waals surface area contributed by atoms with E-state index in [4.69, 9.17) is 0 Å². The van der Waals surface area contributed by atoms with Gasteiger partial charge in [0.05, 0.1) is 6.42 Å². The lowest BCUT2D eigenvalue weighted by Crippen LogP contribution is -2.43. The van der Waals surface area contributed by atoms with Crippen molar-refractivity contribution < 1.29 is 4.79 Å². The maximum atomic E-state index is 12.3. The molecule has 0 spiro atoms. The fraction of sp³-hybridized carbons (Fsp3) is 0.533. The van der Waals surface area contributed by atoms with Gasteiger partial charge in [-0.1, -0.05) is 26.0 Å². The molecule has 1 fully saturated rings. The van der Waals surface area contributed by atoms with Gasteiger partial charge in [0, 0.05) is 18.0 Å². The van der Waals surface area contributed by atoms with Crippen LogP contribution in [-0.4, -0.2) is 23.9 Å². The largest absolute Gasteiger partial charge is 0.342 e. The van der Waals surface area contributed by atoms with E-state index in [1.54, 1.807) is 0 Å². The summed E-state index contributed by atoms with van der Waals surface area (Å²) in [7, 11) is 0. The first-order valence-electron chi connectivity index (χ1n) is 6.60. The van der Waals surface area contributed by atoms with Crippen LogP contribution < -0.4 is 0 Å². The van der Waals surface area contributed by atoms with Gasteiger partial charge in [0.1, 0.15) is 0 Å². The molecule has 1 aromatic carbocycles. The van der Waals surface area contributed by atoms with E-state index in [2.05, 4.69) is 26.5 Å². The highest BCUT2D eigenvalue weighted by atomic mass is 32.1. The third kappa shape index (κ3) is 3.52. The predicted octanol–water partition coefficient (Wildman–Crippen LogP) is 3.02. The molecule has 0 radical (unpaired) electrons. The zero-order chi connectivity index (χ0) is 13.1. The number of rotatable bonds is 2. The number of carbonyl (C=O) groups is 1. The second kappa shape index (κ2) is 5.79. The molecule has 1 aliphatic heterocycles. The van der Waals surface area contributed by atoms with Crippen LogP contribution in [0.5, 0.6) is 0 Å². The maximum Gasteiger partial charge on any atom is 0.227 e. The molecule has 1 heterocycles. The number of benzene rings is 1. The fourth-order valence-corrected chi connectivity index (χ4v) is 2.92. The molecule has 0 bridgehead atoms. The Balaban J connectivity index is 1.97. The molecule has 0 aliphatic carbocycles. The number of thiol groups is 1. The Morgan fingerprint density at radius 1 is 1.22 bits per heavy atom. The van der Waals surface area contributed by atoms with Gasteiger partial charge in [-0.25, -0.2) is 0 Å². The smallest absolute Gasteiger partial charge is 0.227 e. The number of amides is 1. The van der Waals surface area contributed by atoms with E-state index < -0.39 is 0 Å². The molecule has 2 nitrogen and oxygen atoms in total. The minimum absolute atomic E-state index is 0.250. The van der Waals surface area contributed by atoms with Gasteiger partial charge in [-0.3, -0.25) is 4.79 Å². The molecular weight excluding hydrogens is 242 g/mol. The molecular formula is C15H21NOS. The van der Waals surface area contributed by atoms with Crippen LogP contribution in [0, 0.1) is 11.8 Å². The Morgan fingerprint density at radius 3 is 2.33 bits per heavy atom. The average molecular weight is 263 g/mol. The number of nitrogens with zero attached hydrogens (tertiary/aromatic N) is 1. The van der Waals surface area contributed by atoms with E-state index in [0.29, 0.717) is 18.3 Å². The highest BCUT2D eigenvalue weighted by molar-refractivity contribution is 7.80. The molecule has 2 atom stereocenters. The topological polar surface area (TPSA) is 20.3 Å². The summed E-state index contributed by atoms with van der Waals surface area (Å²) in [5, 5.41) is 0. The van der Waals surface area contributed by atoms with Gasteiger partial charge in [0.2, 0.25) is 5.91 Å². The first-order chi connectivity index (χ1) is 8.54. The summed E-state index contributed by atoms with van der Waals surface area (Å²) < 4.78 is 0. The minimum Gasteiger partial charge on any atom is -0.342 e. The lowest BCUT2D eigenvalue weighted by molar-refractivity contribution is -0.133. The van der Waals surface area contributed by atoms with Crippen molar-refractivity contribution in [3.8, 4) is 0 Å². The third-order valence-electron chi connectivity index (χ3n) is 3.51. The van der Waals surface area contributed by atoms with E-state index in [-0.39, 0.29) is 5.91 Å². The van der Waals surface area contributed by atoms with Crippen LogP contribution in [-0.2, 0) is 11.2 Å². The van der Waals surface area contributed by atoms with Crippen molar-refractivity contribution in [2.75, 3.05) is 13.1 Å². The highest BCUT2D eigenvalue weighted by Gasteiger charge is 2.25. The summed E-state index contributed by atoms with van der Waals surface area (Å²) in [6, 6.07) is 7.84. The molecule has 0 N–H and O–H groups in total. The van der Waals surface area contributed by atoms with E-state index in [1.807, 2.05) is 29.2 Å². The third-order valence-corrected chi connectivity index (χ3v) is 3.81. The van der Waals surface area contributed by atoms with Crippen molar-refractivity contribution >= 4 is 18.5 Å². The first kappa shape index (κ1) is 13.5. The number of piperidine rings is 1. The summed E-state index contributed by atoms with van der Waals surface area (Å²) in [4.78, 5) is 15.2. The Kier molecular flexibility index (Phi) is 4.33. The summed E-state index contributed by atoms with van der Waals surface area (Å²) in [6.07, 6.45) is 1.74. The lowest BCUT2D eigenvalue weighted by Gasteiger charge is -2.35. The lowest BCUT2D eigenvalue weighted by atomic mass is 9.91. The van der Waals surface area contributed by atoms with Crippen LogP contribution in [0.3, 0.4) is 0 Å². The molecule has 1 aromatic rings. The molecule has 3 heteroatoms. The molecule has 1 aliphatic rings. The van der Waals surface area contributed by atoms with E-state index in [0.717, 1.165) is 23.5 Å². The Hall–Kier alpha value is -0.960. The van der Waals surface area contributed by atoms with Crippen molar-refractivity contribution in [2.24, 2.45) is 11.8 Å². The van der Waals surface area contributed by atoms with Crippen molar-refractivity contribution in [2.45, 2.75) is 31.6 Å². The van der Waals surface area contributed by atoms with Gasteiger partial charge in [0.25, 0.3) is 0 Å². The van der Waals surface area contributed by atoms with Gasteiger partial charge in [0.15, 0.2) is 0 Å². The molecule has 2 unspecified atom stereocenters. The molecule has 1 saturated heterocycles. The Bertz CT molecular complexity index is 405. The van der Waals surface area contributed by atoms with Gasteiger partial charge in [-0.15, -0.1) is 12.6 Å². The molecule has 98 valence electrons. The number of likely N-dealkylation sites (tertiary alicyclic amines) is 1. The van der Waals surface area contributed by atoms with Gasteiger partial charge in [-0.2, -0.15) is 0 Å². The van der Waals surface area contributed by atoms with E-state index in [1.165, 1.54) is 6.42 Å². The monoisotopic (exact) mass is 263 g/mol.